The van der Waals surface area contributed by atoms with E-state index >= 15 is 0 Å². The van der Waals surface area contributed by atoms with Crippen LogP contribution in [0.3, 0.4) is 0 Å². The number of hydrogen-bond donors (Lipinski definition) is 1. The second-order valence-electron chi connectivity index (χ2n) is 5.92. The molecule has 2 aromatic rings. The first kappa shape index (κ1) is 15.2. The van der Waals surface area contributed by atoms with Crippen LogP contribution < -0.4 is 5.32 Å². The molecule has 0 spiro atoms. The minimum Gasteiger partial charge on any atom is -0.310 e. The van der Waals surface area contributed by atoms with Crippen molar-refractivity contribution in [2.24, 2.45) is 5.92 Å². The highest BCUT2D eigenvalue weighted by Crippen LogP contribution is 2.31. The number of unbranched alkanes of at least 4 members (excludes halogenated alkanes) is 2. The number of hydrogen-bond acceptors (Lipinski definition) is 3. The van der Waals surface area contributed by atoms with Gasteiger partial charge < -0.3 is 5.32 Å². The average molecular weight is 318 g/mol. The first-order chi connectivity index (χ1) is 10.7. The lowest BCUT2D eigenvalue weighted by atomic mass is 10.1. The molecule has 0 saturated heterocycles. The van der Waals surface area contributed by atoms with E-state index in [0.717, 1.165) is 42.1 Å². The predicted octanol–water partition coefficient (Wildman–Crippen LogP) is 4.36. The number of aromatic nitrogens is 2. The molecule has 0 radical (unpaired) electrons. The van der Waals surface area contributed by atoms with Crippen molar-refractivity contribution in [3.05, 3.63) is 29.2 Å². The molecule has 1 aliphatic carbocycles. The molecular formula is C17H20ClN3O. The Kier molecular flexibility index (Phi) is 4.57. The molecule has 2 heterocycles. The van der Waals surface area contributed by atoms with Crippen LogP contribution >= 0.6 is 11.6 Å². The monoisotopic (exact) mass is 317 g/mol. The predicted molar refractivity (Wildman–Crippen MR) is 89.1 cm³/mol. The molecular weight excluding hydrogens is 298 g/mol. The zero-order valence-corrected chi connectivity index (χ0v) is 13.5. The Morgan fingerprint density at radius 2 is 2.18 bits per heavy atom. The van der Waals surface area contributed by atoms with Crippen LogP contribution in [0.25, 0.3) is 10.8 Å². The van der Waals surface area contributed by atoms with Crippen molar-refractivity contribution in [1.82, 2.24) is 9.97 Å². The van der Waals surface area contributed by atoms with Gasteiger partial charge in [-0.2, -0.15) is 0 Å². The van der Waals surface area contributed by atoms with Crippen LogP contribution in [0, 0.1) is 5.92 Å². The van der Waals surface area contributed by atoms with Gasteiger partial charge in [-0.3, -0.25) is 4.79 Å². The van der Waals surface area contributed by atoms with Gasteiger partial charge in [-0.15, -0.1) is 0 Å². The SMILES string of the molecule is CCCCCc1cc2cnc(NC(=O)C3CC3)cc2c(Cl)n1. The van der Waals surface area contributed by atoms with Gasteiger partial charge in [0.05, 0.1) is 0 Å². The van der Waals surface area contributed by atoms with Crippen LogP contribution in [0.4, 0.5) is 5.82 Å². The van der Waals surface area contributed by atoms with Crippen LogP contribution in [0.1, 0.15) is 44.7 Å². The Morgan fingerprint density at radius 1 is 1.36 bits per heavy atom. The summed E-state index contributed by atoms with van der Waals surface area (Å²) in [5.41, 5.74) is 1.00. The average Bonchev–Trinajstić information content (AvgIpc) is 3.33. The summed E-state index contributed by atoms with van der Waals surface area (Å²) in [5, 5.41) is 5.13. The molecule has 1 N–H and O–H groups in total. The number of carbonyl (C=O) groups excluding carboxylic acids is 1. The Balaban J connectivity index is 1.80. The van der Waals surface area contributed by atoms with E-state index in [1.165, 1.54) is 12.8 Å². The van der Waals surface area contributed by atoms with Crippen molar-refractivity contribution >= 4 is 34.1 Å². The topological polar surface area (TPSA) is 54.9 Å². The first-order valence-corrected chi connectivity index (χ1v) is 8.31. The summed E-state index contributed by atoms with van der Waals surface area (Å²) in [6.45, 7) is 2.18. The third kappa shape index (κ3) is 3.55. The van der Waals surface area contributed by atoms with Gasteiger partial charge in [-0.05, 0) is 37.8 Å². The van der Waals surface area contributed by atoms with Crippen molar-refractivity contribution < 1.29 is 4.79 Å². The molecule has 116 valence electrons. The maximum Gasteiger partial charge on any atom is 0.228 e. The lowest BCUT2D eigenvalue weighted by molar-refractivity contribution is -0.117. The molecule has 0 unspecified atom stereocenters. The van der Waals surface area contributed by atoms with Gasteiger partial charge in [0.2, 0.25) is 5.91 Å². The van der Waals surface area contributed by atoms with E-state index in [1.807, 2.05) is 6.07 Å². The Bertz CT molecular complexity index is 698. The fourth-order valence-corrected chi connectivity index (χ4v) is 2.76. The fourth-order valence-electron chi connectivity index (χ4n) is 2.48. The van der Waals surface area contributed by atoms with E-state index < -0.39 is 0 Å². The smallest absolute Gasteiger partial charge is 0.228 e. The molecule has 22 heavy (non-hydrogen) atoms. The van der Waals surface area contributed by atoms with E-state index in [2.05, 4.69) is 22.2 Å². The van der Waals surface area contributed by atoms with Crippen LogP contribution in [0.5, 0.6) is 0 Å². The van der Waals surface area contributed by atoms with Crippen molar-refractivity contribution in [3.63, 3.8) is 0 Å². The number of halogens is 1. The third-order valence-electron chi connectivity index (χ3n) is 3.96. The van der Waals surface area contributed by atoms with Gasteiger partial charge in [0.25, 0.3) is 0 Å². The summed E-state index contributed by atoms with van der Waals surface area (Å²) >= 11 is 6.31. The van der Waals surface area contributed by atoms with E-state index in [1.54, 1.807) is 12.3 Å². The van der Waals surface area contributed by atoms with E-state index in [-0.39, 0.29) is 11.8 Å². The Morgan fingerprint density at radius 3 is 2.91 bits per heavy atom. The lowest BCUT2D eigenvalue weighted by Crippen LogP contribution is -2.14. The molecule has 1 aliphatic rings. The quantitative estimate of drug-likeness (QED) is 0.636. The van der Waals surface area contributed by atoms with Crippen LogP contribution in [0.2, 0.25) is 5.15 Å². The highest BCUT2D eigenvalue weighted by molar-refractivity contribution is 6.34. The maximum atomic E-state index is 11.8. The van der Waals surface area contributed by atoms with Crippen molar-refractivity contribution in [3.8, 4) is 0 Å². The van der Waals surface area contributed by atoms with Crippen molar-refractivity contribution in [1.29, 1.82) is 0 Å². The number of nitrogens with one attached hydrogen (secondary N) is 1. The minimum absolute atomic E-state index is 0.0483. The number of pyridine rings is 2. The summed E-state index contributed by atoms with van der Waals surface area (Å²) in [6.07, 6.45) is 8.15. The van der Waals surface area contributed by atoms with Crippen LogP contribution in [-0.2, 0) is 11.2 Å². The summed E-state index contributed by atoms with van der Waals surface area (Å²) in [5.74, 6) is 0.756. The second kappa shape index (κ2) is 6.61. The Labute approximate surface area is 135 Å². The standard InChI is InChI=1S/C17H20ClN3O/c1-2-3-4-5-13-8-12-10-19-15(9-14(12)16(18)20-13)21-17(22)11-6-7-11/h8-11H,2-7H2,1H3,(H,19,21,22). The highest BCUT2D eigenvalue weighted by atomic mass is 35.5. The number of nitrogens with zero attached hydrogens (tertiary/aromatic N) is 2. The number of anilines is 1. The van der Waals surface area contributed by atoms with Gasteiger partial charge >= 0.3 is 0 Å². The van der Waals surface area contributed by atoms with E-state index in [0.29, 0.717) is 11.0 Å². The largest absolute Gasteiger partial charge is 0.310 e. The lowest BCUT2D eigenvalue weighted by Gasteiger charge is -2.08. The van der Waals surface area contributed by atoms with Gasteiger partial charge in [0, 0.05) is 28.6 Å². The molecule has 1 amide bonds. The number of carbonyl (C=O) groups is 1. The van der Waals surface area contributed by atoms with Crippen molar-refractivity contribution in [2.75, 3.05) is 5.32 Å². The number of aryl methyl sites for hydroxylation is 1. The molecule has 2 aromatic heterocycles. The zero-order valence-electron chi connectivity index (χ0n) is 12.7. The summed E-state index contributed by atoms with van der Waals surface area (Å²) < 4.78 is 0. The number of rotatable bonds is 6. The van der Waals surface area contributed by atoms with Gasteiger partial charge in [0.15, 0.2) is 0 Å². The van der Waals surface area contributed by atoms with Gasteiger partial charge in [-0.1, -0.05) is 31.4 Å². The molecule has 0 bridgehead atoms. The highest BCUT2D eigenvalue weighted by Gasteiger charge is 2.29. The third-order valence-corrected chi connectivity index (χ3v) is 4.24. The van der Waals surface area contributed by atoms with Gasteiger partial charge in [-0.25, -0.2) is 9.97 Å². The van der Waals surface area contributed by atoms with Crippen LogP contribution in [0.15, 0.2) is 18.3 Å². The molecule has 1 fully saturated rings. The molecule has 1 saturated carbocycles. The minimum atomic E-state index is 0.0483. The summed E-state index contributed by atoms with van der Waals surface area (Å²) in [6, 6.07) is 3.84. The molecule has 5 heteroatoms. The summed E-state index contributed by atoms with van der Waals surface area (Å²) in [7, 11) is 0. The Hall–Kier alpha value is -1.68. The van der Waals surface area contributed by atoms with E-state index in [9.17, 15) is 4.79 Å². The van der Waals surface area contributed by atoms with Crippen LogP contribution in [-0.4, -0.2) is 15.9 Å². The second-order valence-corrected chi connectivity index (χ2v) is 6.27. The fraction of sp³-hybridized carbons (Fsp3) is 0.471. The number of amides is 1. The van der Waals surface area contributed by atoms with E-state index in [4.69, 9.17) is 11.6 Å². The first-order valence-electron chi connectivity index (χ1n) is 7.93. The molecule has 0 aliphatic heterocycles. The maximum absolute atomic E-state index is 11.8. The molecule has 3 rings (SSSR count). The molecule has 0 atom stereocenters. The molecule has 4 nitrogen and oxygen atoms in total. The molecule has 0 aromatic carbocycles. The summed E-state index contributed by atoms with van der Waals surface area (Å²) in [4.78, 5) is 20.6. The zero-order chi connectivity index (χ0) is 15.5. The van der Waals surface area contributed by atoms with Gasteiger partial charge in [0.1, 0.15) is 11.0 Å². The van der Waals surface area contributed by atoms with Crippen molar-refractivity contribution in [2.45, 2.75) is 45.4 Å². The normalized spacial score (nSPS) is 14.3. The number of fused-ring (bicyclic) bond motifs is 1.